The lowest BCUT2D eigenvalue weighted by molar-refractivity contribution is -0.121. The zero-order valence-electron chi connectivity index (χ0n) is 16.5. The van der Waals surface area contributed by atoms with E-state index in [2.05, 4.69) is 58.0 Å². The van der Waals surface area contributed by atoms with Crippen LogP contribution in [0.2, 0.25) is 0 Å². The van der Waals surface area contributed by atoms with Gasteiger partial charge in [0, 0.05) is 37.1 Å². The van der Waals surface area contributed by atoms with Crippen LogP contribution in [-0.4, -0.2) is 52.5 Å². The summed E-state index contributed by atoms with van der Waals surface area (Å²) >= 11 is 0. The van der Waals surface area contributed by atoms with Gasteiger partial charge in [-0.3, -0.25) is 9.69 Å². The van der Waals surface area contributed by atoms with Gasteiger partial charge < -0.3 is 10.2 Å². The molecular weight excluding hydrogens is 338 g/mol. The molecule has 6 nitrogen and oxygen atoms in total. The molecule has 3 aliphatic rings. The van der Waals surface area contributed by atoms with Gasteiger partial charge in [0.25, 0.3) is 0 Å². The zero-order valence-corrected chi connectivity index (χ0v) is 16.5. The first-order chi connectivity index (χ1) is 12.9. The molecular formula is C21H27N5O. The number of nitrogens with one attached hydrogen (secondary N) is 1. The van der Waals surface area contributed by atoms with Crippen LogP contribution < -0.4 is 10.2 Å². The van der Waals surface area contributed by atoms with Gasteiger partial charge in [0.1, 0.15) is 11.6 Å². The van der Waals surface area contributed by atoms with E-state index in [-0.39, 0.29) is 5.91 Å². The van der Waals surface area contributed by atoms with Crippen LogP contribution in [0.15, 0.2) is 24.4 Å². The highest BCUT2D eigenvalue weighted by molar-refractivity contribution is 5.94. The van der Waals surface area contributed by atoms with Crippen molar-refractivity contribution in [3.8, 4) is 0 Å². The van der Waals surface area contributed by atoms with E-state index in [1.54, 1.807) is 0 Å². The van der Waals surface area contributed by atoms with E-state index < -0.39 is 0 Å². The first kappa shape index (κ1) is 17.9. The zero-order chi connectivity index (χ0) is 19.1. The molecule has 27 heavy (non-hydrogen) atoms. The fourth-order valence-corrected chi connectivity index (χ4v) is 4.47. The number of amides is 1. The van der Waals surface area contributed by atoms with Gasteiger partial charge in [-0.1, -0.05) is 17.7 Å². The van der Waals surface area contributed by atoms with Crippen molar-refractivity contribution in [1.29, 1.82) is 0 Å². The van der Waals surface area contributed by atoms with Crippen molar-refractivity contribution in [1.82, 2.24) is 14.9 Å². The van der Waals surface area contributed by atoms with Crippen LogP contribution in [0, 0.1) is 27.7 Å². The van der Waals surface area contributed by atoms with E-state index in [0.29, 0.717) is 18.6 Å². The number of rotatable bonds is 4. The summed E-state index contributed by atoms with van der Waals surface area (Å²) < 4.78 is 0. The number of carbonyl (C=O) groups excluding carboxylic acids is 1. The normalized spacial score (nSPS) is 21.7. The fraction of sp³-hybridized carbons (Fsp3) is 0.476. The molecule has 0 saturated carbocycles. The molecule has 4 heterocycles. The summed E-state index contributed by atoms with van der Waals surface area (Å²) in [5.41, 5.74) is 4.42. The van der Waals surface area contributed by atoms with E-state index >= 15 is 0 Å². The van der Waals surface area contributed by atoms with Gasteiger partial charge in [-0.15, -0.1) is 0 Å². The summed E-state index contributed by atoms with van der Waals surface area (Å²) in [7, 11) is 0. The SMILES string of the molecule is Cc1cc(C)c(NC(=O)CN2C3CC2CN(c2ccnc(C)n2)C3)c(C)c1. The number of piperidine rings is 1. The number of aryl methyl sites for hydroxylation is 4. The Morgan fingerprint density at radius 2 is 1.81 bits per heavy atom. The standard InChI is InChI=1S/C21H27N5O/c1-13-7-14(2)21(15(3)8-13)24-20(27)12-26-17-9-18(26)11-25(10-17)19-5-6-22-16(4)23-19/h5-8,17-18H,9-12H2,1-4H3,(H,24,27). The number of piperazine rings is 1. The molecule has 1 N–H and O–H groups in total. The predicted octanol–water partition coefficient (Wildman–Crippen LogP) is 2.61. The Kier molecular flexibility index (Phi) is 4.60. The molecule has 3 saturated heterocycles. The van der Waals surface area contributed by atoms with Crippen LogP contribution in [-0.2, 0) is 4.79 Å². The maximum atomic E-state index is 12.6. The third-order valence-electron chi connectivity index (χ3n) is 5.70. The summed E-state index contributed by atoms with van der Waals surface area (Å²) in [5.74, 6) is 1.87. The van der Waals surface area contributed by atoms with Gasteiger partial charge in [0.05, 0.1) is 6.54 Å². The molecule has 2 atom stereocenters. The Bertz CT molecular complexity index is 846. The molecule has 6 heteroatoms. The van der Waals surface area contributed by atoms with Crippen molar-refractivity contribution >= 4 is 17.4 Å². The summed E-state index contributed by atoms with van der Waals surface area (Å²) in [5, 5.41) is 3.13. The molecule has 2 aromatic rings. The minimum absolute atomic E-state index is 0.0751. The van der Waals surface area contributed by atoms with Crippen molar-refractivity contribution in [2.45, 2.75) is 46.2 Å². The number of anilines is 2. The minimum atomic E-state index is 0.0751. The summed E-state index contributed by atoms with van der Waals surface area (Å²) in [6.45, 7) is 10.4. The third-order valence-corrected chi connectivity index (χ3v) is 5.70. The quantitative estimate of drug-likeness (QED) is 0.902. The van der Waals surface area contributed by atoms with Crippen molar-refractivity contribution < 1.29 is 4.79 Å². The second-order valence-corrected chi connectivity index (χ2v) is 7.90. The van der Waals surface area contributed by atoms with Gasteiger partial charge in [0.15, 0.2) is 0 Å². The minimum Gasteiger partial charge on any atom is -0.353 e. The maximum absolute atomic E-state index is 12.6. The lowest BCUT2D eigenvalue weighted by Gasteiger charge is -2.56. The highest BCUT2D eigenvalue weighted by Crippen LogP contribution is 2.34. The van der Waals surface area contributed by atoms with Crippen LogP contribution in [0.1, 0.15) is 28.9 Å². The van der Waals surface area contributed by atoms with Gasteiger partial charge >= 0.3 is 0 Å². The molecule has 1 aromatic heterocycles. The Balaban J connectivity index is 1.37. The number of fused-ring (bicyclic) bond motifs is 2. The van der Waals surface area contributed by atoms with Crippen molar-refractivity contribution in [2.75, 3.05) is 29.9 Å². The largest absolute Gasteiger partial charge is 0.353 e. The number of carbonyl (C=O) groups is 1. The van der Waals surface area contributed by atoms with Crippen molar-refractivity contribution in [3.05, 3.63) is 46.9 Å². The third kappa shape index (κ3) is 3.54. The molecule has 1 amide bonds. The molecule has 3 aliphatic heterocycles. The Hall–Kier alpha value is -2.47. The Morgan fingerprint density at radius 1 is 1.15 bits per heavy atom. The van der Waals surface area contributed by atoms with Crippen LogP contribution in [0.5, 0.6) is 0 Å². The van der Waals surface area contributed by atoms with Crippen molar-refractivity contribution in [3.63, 3.8) is 0 Å². The molecule has 5 rings (SSSR count). The topological polar surface area (TPSA) is 61.4 Å². The predicted molar refractivity (Wildman–Crippen MR) is 107 cm³/mol. The number of nitrogens with zero attached hydrogens (tertiary/aromatic N) is 4. The average molecular weight is 365 g/mol. The highest BCUT2D eigenvalue weighted by atomic mass is 16.2. The van der Waals surface area contributed by atoms with Crippen LogP contribution in [0.4, 0.5) is 11.5 Å². The smallest absolute Gasteiger partial charge is 0.238 e. The Labute approximate surface area is 160 Å². The lowest BCUT2D eigenvalue weighted by atomic mass is 9.87. The lowest BCUT2D eigenvalue weighted by Crippen LogP contribution is -2.69. The van der Waals surface area contributed by atoms with Gasteiger partial charge in [-0.25, -0.2) is 9.97 Å². The monoisotopic (exact) mass is 365 g/mol. The van der Waals surface area contributed by atoms with Crippen molar-refractivity contribution in [2.24, 2.45) is 0 Å². The van der Waals surface area contributed by atoms with E-state index in [0.717, 1.165) is 48.0 Å². The second kappa shape index (κ2) is 6.93. The van der Waals surface area contributed by atoms with E-state index in [1.165, 1.54) is 5.56 Å². The first-order valence-corrected chi connectivity index (χ1v) is 9.59. The van der Waals surface area contributed by atoms with Crippen LogP contribution in [0.3, 0.4) is 0 Å². The fourth-order valence-electron chi connectivity index (χ4n) is 4.47. The number of hydrogen-bond donors (Lipinski definition) is 1. The van der Waals surface area contributed by atoms with Gasteiger partial charge in [-0.2, -0.15) is 0 Å². The molecule has 1 aromatic carbocycles. The second-order valence-electron chi connectivity index (χ2n) is 7.90. The van der Waals surface area contributed by atoms with Gasteiger partial charge in [0.2, 0.25) is 5.91 Å². The summed E-state index contributed by atoms with van der Waals surface area (Å²) in [6.07, 6.45) is 2.98. The molecule has 2 unspecified atom stereocenters. The summed E-state index contributed by atoms with van der Waals surface area (Å²) in [4.78, 5) is 26.0. The molecule has 0 spiro atoms. The van der Waals surface area contributed by atoms with Crippen LogP contribution in [0.25, 0.3) is 0 Å². The molecule has 0 radical (unpaired) electrons. The first-order valence-electron chi connectivity index (χ1n) is 9.59. The number of aromatic nitrogens is 2. The average Bonchev–Trinajstić information content (AvgIpc) is 2.63. The molecule has 2 bridgehead atoms. The molecule has 0 aliphatic carbocycles. The van der Waals surface area contributed by atoms with Gasteiger partial charge in [-0.05, 0) is 51.3 Å². The van der Waals surface area contributed by atoms with E-state index in [1.807, 2.05) is 19.2 Å². The highest BCUT2D eigenvalue weighted by Gasteiger charge is 2.45. The van der Waals surface area contributed by atoms with E-state index in [4.69, 9.17) is 0 Å². The number of hydrogen-bond acceptors (Lipinski definition) is 5. The van der Waals surface area contributed by atoms with E-state index in [9.17, 15) is 4.79 Å². The molecule has 3 fully saturated rings. The Morgan fingerprint density at radius 3 is 2.44 bits per heavy atom. The molecule has 142 valence electrons. The maximum Gasteiger partial charge on any atom is 0.238 e. The van der Waals surface area contributed by atoms with Crippen LogP contribution >= 0.6 is 0 Å². The summed E-state index contributed by atoms with van der Waals surface area (Å²) in [6, 6.07) is 7.04. The number of benzene rings is 1.